The third kappa shape index (κ3) is 1.81. The molecular weight excluding hydrogens is 240 g/mol. The number of pyridine rings is 1. The first-order valence-electron chi connectivity index (χ1n) is 6.05. The van der Waals surface area contributed by atoms with Crippen molar-refractivity contribution in [3.8, 4) is 11.1 Å². The van der Waals surface area contributed by atoms with Crippen LogP contribution >= 0.6 is 0 Å². The molecule has 0 aliphatic carbocycles. The Hall–Kier alpha value is -2.49. The third-order valence-corrected chi connectivity index (χ3v) is 3.46. The monoisotopic (exact) mass is 252 g/mol. The van der Waals surface area contributed by atoms with Crippen LogP contribution < -0.4 is 5.32 Å². The number of carbonyl (C=O) groups excluding carboxylic acids is 2. The SMILES string of the molecule is CC1C(=O)Nc2ccc(-c3cnccc3C=O)cc21. The van der Waals surface area contributed by atoms with E-state index in [1.807, 2.05) is 25.1 Å². The number of benzene rings is 1. The van der Waals surface area contributed by atoms with E-state index in [1.54, 1.807) is 18.5 Å². The highest BCUT2D eigenvalue weighted by Gasteiger charge is 2.26. The van der Waals surface area contributed by atoms with E-state index < -0.39 is 0 Å². The number of anilines is 1. The van der Waals surface area contributed by atoms with E-state index in [9.17, 15) is 9.59 Å². The van der Waals surface area contributed by atoms with Gasteiger partial charge in [-0.15, -0.1) is 0 Å². The molecule has 1 unspecified atom stereocenters. The van der Waals surface area contributed by atoms with Gasteiger partial charge in [-0.25, -0.2) is 0 Å². The zero-order valence-corrected chi connectivity index (χ0v) is 10.4. The predicted molar refractivity (Wildman–Crippen MR) is 72.1 cm³/mol. The van der Waals surface area contributed by atoms with Crippen molar-refractivity contribution in [2.24, 2.45) is 0 Å². The number of hydrogen-bond donors (Lipinski definition) is 1. The first-order chi connectivity index (χ1) is 9.20. The molecule has 0 saturated heterocycles. The Kier molecular flexibility index (Phi) is 2.63. The molecule has 1 aromatic carbocycles. The van der Waals surface area contributed by atoms with Crippen molar-refractivity contribution in [2.45, 2.75) is 12.8 Å². The van der Waals surface area contributed by atoms with E-state index in [0.717, 1.165) is 28.7 Å². The summed E-state index contributed by atoms with van der Waals surface area (Å²) in [5.41, 5.74) is 4.09. The maximum absolute atomic E-state index is 11.6. The van der Waals surface area contributed by atoms with Crippen molar-refractivity contribution in [1.29, 1.82) is 0 Å². The Morgan fingerprint density at radius 2 is 2.16 bits per heavy atom. The summed E-state index contributed by atoms with van der Waals surface area (Å²) >= 11 is 0. The first-order valence-corrected chi connectivity index (χ1v) is 6.05. The van der Waals surface area contributed by atoms with Crippen molar-refractivity contribution in [3.63, 3.8) is 0 Å². The molecular formula is C15H12N2O2. The van der Waals surface area contributed by atoms with Crippen LogP contribution in [-0.4, -0.2) is 17.2 Å². The molecule has 19 heavy (non-hydrogen) atoms. The van der Waals surface area contributed by atoms with Crippen LogP contribution in [0.25, 0.3) is 11.1 Å². The number of amides is 1. The molecule has 1 aromatic heterocycles. The standard InChI is InChI=1S/C15H12N2O2/c1-9-12-6-10(2-3-14(12)17-15(9)19)13-7-16-5-4-11(13)8-18/h2-9H,1H3,(H,17,19). The second kappa shape index (κ2) is 4.31. The van der Waals surface area contributed by atoms with Gasteiger partial charge in [0.25, 0.3) is 0 Å². The fourth-order valence-electron chi connectivity index (χ4n) is 2.33. The molecule has 0 bridgehead atoms. The van der Waals surface area contributed by atoms with Crippen molar-refractivity contribution in [2.75, 3.05) is 5.32 Å². The Morgan fingerprint density at radius 3 is 2.95 bits per heavy atom. The lowest BCUT2D eigenvalue weighted by atomic mass is 9.96. The van der Waals surface area contributed by atoms with Gasteiger partial charge in [-0.3, -0.25) is 14.6 Å². The molecule has 0 fully saturated rings. The molecule has 1 N–H and O–H groups in total. The summed E-state index contributed by atoms with van der Waals surface area (Å²) in [6.07, 6.45) is 4.08. The molecule has 3 rings (SSSR count). The minimum atomic E-state index is -0.161. The van der Waals surface area contributed by atoms with E-state index in [0.29, 0.717) is 5.56 Å². The Balaban J connectivity index is 2.13. The number of rotatable bonds is 2. The van der Waals surface area contributed by atoms with E-state index in [4.69, 9.17) is 0 Å². The minimum absolute atomic E-state index is 0.00828. The zero-order valence-electron chi connectivity index (χ0n) is 10.4. The largest absolute Gasteiger partial charge is 0.325 e. The van der Waals surface area contributed by atoms with E-state index >= 15 is 0 Å². The topological polar surface area (TPSA) is 59.1 Å². The molecule has 1 atom stereocenters. The summed E-state index contributed by atoms with van der Waals surface area (Å²) in [4.78, 5) is 26.7. The van der Waals surface area contributed by atoms with Gasteiger partial charge >= 0.3 is 0 Å². The lowest BCUT2D eigenvalue weighted by Gasteiger charge is -2.07. The van der Waals surface area contributed by atoms with E-state index in [-0.39, 0.29) is 11.8 Å². The summed E-state index contributed by atoms with van der Waals surface area (Å²) in [5, 5.41) is 2.83. The molecule has 4 heteroatoms. The number of nitrogens with one attached hydrogen (secondary N) is 1. The fraction of sp³-hybridized carbons (Fsp3) is 0.133. The normalized spacial score (nSPS) is 16.9. The number of fused-ring (bicyclic) bond motifs is 1. The molecule has 1 amide bonds. The van der Waals surface area contributed by atoms with Crippen LogP contribution in [0.2, 0.25) is 0 Å². The Morgan fingerprint density at radius 1 is 1.32 bits per heavy atom. The lowest BCUT2D eigenvalue weighted by molar-refractivity contribution is -0.116. The minimum Gasteiger partial charge on any atom is -0.325 e. The van der Waals surface area contributed by atoms with Crippen molar-refractivity contribution < 1.29 is 9.59 Å². The van der Waals surface area contributed by atoms with Crippen LogP contribution in [0.3, 0.4) is 0 Å². The van der Waals surface area contributed by atoms with Crippen LogP contribution in [0.1, 0.15) is 28.8 Å². The molecule has 2 aromatic rings. The number of aromatic nitrogens is 1. The average molecular weight is 252 g/mol. The molecule has 1 aliphatic rings. The zero-order chi connectivity index (χ0) is 13.4. The molecule has 1 aliphatic heterocycles. The van der Waals surface area contributed by atoms with Gasteiger partial charge in [-0.1, -0.05) is 6.07 Å². The van der Waals surface area contributed by atoms with Gasteiger partial charge in [0.1, 0.15) is 0 Å². The molecule has 0 radical (unpaired) electrons. The number of carbonyl (C=O) groups is 2. The molecule has 0 saturated carbocycles. The number of nitrogens with zero attached hydrogens (tertiary/aromatic N) is 1. The van der Waals surface area contributed by atoms with E-state index in [2.05, 4.69) is 10.3 Å². The van der Waals surface area contributed by atoms with Crippen LogP contribution in [0.4, 0.5) is 5.69 Å². The van der Waals surface area contributed by atoms with Crippen LogP contribution in [0.5, 0.6) is 0 Å². The first kappa shape index (κ1) is 11.6. The Bertz CT molecular complexity index is 680. The van der Waals surface area contributed by atoms with E-state index in [1.165, 1.54) is 0 Å². The van der Waals surface area contributed by atoms with Crippen LogP contribution in [-0.2, 0) is 4.79 Å². The summed E-state index contributed by atoms with van der Waals surface area (Å²) in [7, 11) is 0. The summed E-state index contributed by atoms with van der Waals surface area (Å²) in [6, 6.07) is 7.39. The Labute approximate surface area is 110 Å². The summed E-state index contributed by atoms with van der Waals surface area (Å²) < 4.78 is 0. The second-order valence-corrected chi connectivity index (χ2v) is 4.59. The number of aldehydes is 1. The lowest BCUT2D eigenvalue weighted by Crippen LogP contribution is -2.08. The highest BCUT2D eigenvalue weighted by molar-refractivity contribution is 6.03. The molecule has 0 spiro atoms. The maximum atomic E-state index is 11.6. The third-order valence-electron chi connectivity index (χ3n) is 3.46. The van der Waals surface area contributed by atoms with Crippen LogP contribution in [0.15, 0.2) is 36.7 Å². The van der Waals surface area contributed by atoms with Gasteiger partial charge in [0.15, 0.2) is 6.29 Å². The molecule has 94 valence electrons. The van der Waals surface area contributed by atoms with Gasteiger partial charge in [0.05, 0.1) is 5.92 Å². The number of hydrogen-bond acceptors (Lipinski definition) is 3. The van der Waals surface area contributed by atoms with Gasteiger partial charge in [0, 0.05) is 29.2 Å². The van der Waals surface area contributed by atoms with Gasteiger partial charge < -0.3 is 5.32 Å². The van der Waals surface area contributed by atoms with Crippen LogP contribution in [0, 0.1) is 0 Å². The molecule has 2 heterocycles. The van der Waals surface area contributed by atoms with Crippen molar-refractivity contribution in [1.82, 2.24) is 4.98 Å². The van der Waals surface area contributed by atoms with Crippen molar-refractivity contribution in [3.05, 3.63) is 47.8 Å². The van der Waals surface area contributed by atoms with Crippen molar-refractivity contribution >= 4 is 17.9 Å². The average Bonchev–Trinajstić information content (AvgIpc) is 2.74. The molecule has 4 nitrogen and oxygen atoms in total. The van der Waals surface area contributed by atoms with Gasteiger partial charge in [0.2, 0.25) is 5.91 Å². The fourth-order valence-corrected chi connectivity index (χ4v) is 2.33. The quantitative estimate of drug-likeness (QED) is 0.836. The highest BCUT2D eigenvalue weighted by Crippen LogP contribution is 2.35. The summed E-state index contributed by atoms with van der Waals surface area (Å²) in [5.74, 6) is -0.153. The maximum Gasteiger partial charge on any atom is 0.231 e. The van der Waals surface area contributed by atoms with Gasteiger partial charge in [-0.05, 0) is 36.2 Å². The second-order valence-electron chi connectivity index (χ2n) is 4.59. The smallest absolute Gasteiger partial charge is 0.231 e. The highest BCUT2D eigenvalue weighted by atomic mass is 16.2. The predicted octanol–water partition coefficient (Wildman–Crippen LogP) is 2.62. The van der Waals surface area contributed by atoms with Gasteiger partial charge in [-0.2, -0.15) is 0 Å². The summed E-state index contributed by atoms with van der Waals surface area (Å²) in [6.45, 7) is 1.87.